The number of hydrogen-bond acceptors (Lipinski definition) is 8. The monoisotopic (exact) mass is 389 g/mol. The Balaban J connectivity index is 1.95. The van der Waals surface area contributed by atoms with Gasteiger partial charge in [-0.3, -0.25) is 14.9 Å². The number of nitrogens with zero attached hydrogens (tertiary/aromatic N) is 1. The van der Waals surface area contributed by atoms with Crippen LogP contribution in [0.3, 0.4) is 0 Å². The SMILES string of the molecule is CCOC(=O)CCOC(=O)c1cc(OCc2ccc([N+](=O)[O-])cc2)ccc1O. The van der Waals surface area contributed by atoms with Crippen LogP contribution < -0.4 is 4.74 Å². The number of rotatable bonds is 9. The Labute approximate surface area is 160 Å². The Hall–Kier alpha value is -3.62. The second kappa shape index (κ2) is 9.91. The van der Waals surface area contributed by atoms with E-state index in [9.17, 15) is 24.8 Å². The van der Waals surface area contributed by atoms with Gasteiger partial charge in [-0.2, -0.15) is 0 Å². The smallest absolute Gasteiger partial charge is 0.342 e. The topological polar surface area (TPSA) is 125 Å². The van der Waals surface area contributed by atoms with Crippen molar-refractivity contribution in [3.05, 3.63) is 63.7 Å². The van der Waals surface area contributed by atoms with Gasteiger partial charge in [0.2, 0.25) is 0 Å². The summed E-state index contributed by atoms with van der Waals surface area (Å²) >= 11 is 0. The molecule has 2 aromatic carbocycles. The number of benzene rings is 2. The standard InChI is InChI=1S/C19H19NO8/c1-2-26-18(22)9-10-27-19(23)16-11-15(7-8-17(16)21)28-12-13-3-5-14(6-4-13)20(24)25/h3-8,11,21H,2,9-10,12H2,1H3. The zero-order valence-corrected chi connectivity index (χ0v) is 15.1. The van der Waals surface area contributed by atoms with Crippen LogP contribution in [0.1, 0.15) is 29.3 Å². The molecule has 2 rings (SSSR count). The molecule has 0 spiro atoms. The first-order chi connectivity index (χ1) is 13.4. The van der Waals surface area contributed by atoms with Gasteiger partial charge in [-0.15, -0.1) is 0 Å². The summed E-state index contributed by atoms with van der Waals surface area (Å²) in [6, 6.07) is 9.91. The van der Waals surface area contributed by atoms with Crippen molar-refractivity contribution in [3.63, 3.8) is 0 Å². The fourth-order valence-electron chi connectivity index (χ4n) is 2.19. The van der Waals surface area contributed by atoms with Gasteiger partial charge in [-0.05, 0) is 42.8 Å². The van der Waals surface area contributed by atoms with E-state index in [4.69, 9.17) is 14.2 Å². The third-order valence-corrected chi connectivity index (χ3v) is 3.59. The molecule has 0 radical (unpaired) electrons. The van der Waals surface area contributed by atoms with E-state index in [-0.39, 0.29) is 43.2 Å². The number of carbonyl (C=O) groups is 2. The van der Waals surface area contributed by atoms with E-state index in [1.807, 2.05) is 0 Å². The van der Waals surface area contributed by atoms with E-state index < -0.39 is 16.9 Å². The number of nitro benzene ring substituents is 1. The van der Waals surface area contributed by atoms with E-state index >= 15 is 0 Å². The van der Waals surface area contributed by atoms with Crippen molar-refractivity contribution >= 4 is 17.6 Å². The van der Waals surface area contributed by atoms with E-state index in [1.165, 1.54) is 30.3 Å². The molecule has 2 aromatic rings. The van der Waals surface area contributed by atoms with Crippen molar-refractivity contribution in [3.8, 4) is 11.5 Å². The summed E-state index contributed by atoms with van der Waals surface area (Å²) in [5, 5.41) is 20.5. The zero-order valence-electron chi connectivity index (χ0n) is 15.1. The summed E-state index contributed by atoms with van der Waals surface area (Å²) in [7, 11) is 0. The van der Waals surface area contributed by atoms with Crippen LogP contribution in [0.15, 0.2) is 42.5 Å². The van der Waals surface area contributed by atoms with Gasteiger partial charge in [-0.1, -0.05) is 0 Å². The minimum atomic E-state index is -0.803. The molecule has 0 aliphatic carbocycles. The van der Waals surface area contributed by atoms with Gasteiger partial charge in [0.15, 0.2) is 0 Å². The molecule has 0 saturated heterocycles. The van der Waals surface area contributed by atoms with Crippen LogP contribution in [-0.4, -0.2) is 35.2 Å². The molecule has 0 aliphatic rings. The highest BCUT2D eigenvalue weighted by atomic mass is 16.6. The molecule has 28 heavy (non-hydrogen) atoms. The highest BCUT2D eigenvalue weighted by Gasteiger charge is 2.15. The first-order valence-corrected chi connectivity index (χ1v) is 8.42. The highest BCUT2D eigenvalue weighted by Crippen LogP contribution is 2.25. The highest BCUT2D eigenvalue weighted by molar-refractivity contribution is 5.93. The normalized spacial score (nSPS) is 10.2. The first-order valence-electron chi connectivity index (χ1n) is 8.42. The van der Waals surface area contributed by atoms with Crippen LogP contribution in [-0.2, 0) is 20.9 Å². The molecular formula is C19H19NO8. The molecular weight excluding hydrogens is 370 g/mol. The Kier molecular flexibility index (Phi) is 7.32. The molecule has 1 N–H and O–H groups in total. The number of hydrogen-bond donors (Lipinski definition) is 1. The predicted octanol–water partition coefficient (Wildman–Crippen LogP) is 2.99. The Morgan fingerprint density at radius 1 is 1.11 bits per heavy atom. The molecule has 0 amide bonds. The average molecular weight is 389 g/mol. The van der Waals surface area contributed by atoms with Gasteiger partial charge in [0.25, 0.3) is 5.69 Å². The second-order valence-electron chi connectivity index (χ2n) is 5.58. The maximum Gasteiger partial charge on any atom is 0.342 e. The average Bonchev–Trinajstić information content (AvgIpc) is 2.67. The zero-order chi connectivity index (χ0) is 20.5. The van der Waals surface area contributed by atoms with Crippen LogP contribution in [0.4, 0.5) is 5.69 Å². The molecule has 148 valence electrons. The van der Waals surface area contributed by atoms with Gasteiger partial charge < -0.3 is 19.3 Å². The van der Waals surface area contributed by atoms with Gasteiger partial charge in [0, 0.05) is 12.1 Å². The molecule has 0 aliphatic heterocycles. The summed E-state index contributed by atoms with van der Waals surface area (Å²) in [5.74, 6) is -1.28. The maximum absolute atomic E-state index is 12.1. The molecule has 0 saturated carbocycles. The van der Waals surface area contributed by atoms with Crippen LogP contribution in [0, 0.1) is 10.1 Å². The lowest BCUT2D eigenvalue weighted by atomic mass is 10.2. The molecule has 9 heteroatoms. The van der Waals surface area contributed by atoms with Gasteiger partial charge >= 0.3 is 11.9 Å². The van der Waals surface area contributed by atoms with Gasteiger partial charge in [0.1, 0.15) is 30.3 Å². The van der Waals surface area contributed by atoms with Crippen LogP contribution in [0.2, 0.25) is 0 Å². The Bertz CT molecular complexity index is 848. The predicted molar refractivity (Wildman–Crippen MR) is 97.1 cm³/mol. The third kappa shape index (κ3) is 5.97. The van der Waals surface area contributed by atoms with E-state index in [2.05, 4.69) is 0 Å². The number of carbonyl (C=O) groups excluding carboxylic acids is 2. The molecule has 9 nitrogen and oxygen atoms in total. The number of phenolic OH excluding ortho intramolecular Hbond substituents is 1. The van der Waals surface area contributed by atoms with Crippen molar-refractivity contribution in [2.75, 3.05) is 13.2 Å². The first kappa shape index (κ1) is 20.7. The Morgan fingerprint density at radius 2 is 1.82 bits per heavy atom. The molecule has 0 fully saturated rings. The minimum absolute atomic E-state index is 0.0266. The van der Waals surface area contributed by atoms with Gasteiger partial charge in [-0.25, -0.2) is 4.79 Å². The number of nitro groups is 1. The largest absolute Gasteiger partial charge is 0.507 e. The fourth-order valence-corrected chi connectivity index (χ4v) is 2.19. The van der Waals surface area contributed by atoms with Crippen molar-refractivity contribution in [2.24, 2.45) is 0 Å². The number of non-ortho nitro benzene ring substituents is 1. The Morgan fingerprint density at radius 3 is 2.46 bits per heavy atom. The summed E-state index contributed by atoms with van der Waals surface area (Å²) in [4.78, 5) is 33.5. The molecule has 0 heterocycles. The summed E-state index contributed by atoms with van der Waals surface area (Å²) < 4.78 is 15.2. The fraction of sp³-hybridized carbons (Fsp3) is 0.263. The summed E-state index contributed by atoms with van der Waals surface area (Å²) in [6.07, 6.45) is -0.0866. The van der Waals surface area contributed by atoms with Crippen LogP contribution in [0.5, 0.6) is 11.5 Å². The number of phenols is 1. The number of esters is 2. The van der Waals surface area contributed by atoms with E-state index in [1.54, 1.807) is 19.1 Å². The summed E-state index contributed by atoms with van der Waals surface area (Å²) in [5.41, 5.74) is 0.559. The number of aromatic hydroxyl groups is 1. The molecule has 0 unspecified atom stereocenters. The second-order valence-corrected chi connectivity index (χ2v) is 5.58. The maximum atomic E-state index is 12.1. The molecule has 0 atom stereocenters. The summed E-state index contributed by atoms with van der Waals surface area (Å²) in [6.45, 7) is 1.84. The number of ether oxygens (including phenoxy) is 3. The lowest BCUT2D eigenvalue weighted by Gasteiger charge is -2.10. The minimum Gasteiger partial charge on any atom is -0.507 e. The molecule has 0 aromatic heterocycles. The quantitative estimate of drug-likeness (QED) is 0.394. The van der Waals surface area contributed by atoms with Crippen LogP contribution >= 0.6 is 0 Å². The molecule has 0 bridgehead atoms. The van der Waals surface area contributed by atoms with Crippen molar-refractivity contribution in [2.45, 2.75) is 20.0 Å². The van der Waals surface area contributed by atoms with E-state index in [0.717, 1.165) is 0 Å². The lowest BCUT2D eigenvalue weighted by Crippen LogP contribution is -2.12. The van der Waals surface area contributed by atoms with Crippen molar-refractivity contribution < 1.29 is 33.8 Å². The lowest BCUT2D eigenvalue weighted by molar-refractivity contribution is -0.384. The van der Waals surface area contributed by atoms with Crippen LogP contribution in [0.25, 0.3) is 0 Å². The van der Waals surface area contributed by atoms with Gasteiger partial charge in [0.05, 0.1) is 18.0 Å². The third-order valence-electron chi connectivity index (χ3n) is 3.59. The van der Waals surface area contributed by atoms with Crippen molar-refractivity contribution in [1.29, 1.82) is 0 Å². The van der Waals surface area contributed by atoms with Crippen molar-refractivity contribution in [1.82, 2.24) is 0 Å². The van der Waals surface area contributed by atoms with E-state index in [0.29, 0.717) is 11.3 Å².